The Morgan fingerprint density at radius 1 is 0.605 bits per heavy atom. The fraction of sp³-hybridized carbons (Fsp3) is 0.147. The molecular weight excluding hydrogens is 461 g/mol. The van der Waals surface area contributed by atoms with Crippen LogP contribution in [0.25, 0.3) is 11.1 Å². The fourth-order valence-corrected chi connectivity index (χ4v) is 6.15. The molecule has 0 amide bonds. The lowest BCUT2D eigenvalue weighted by atomic mass is 9.75. The maximum atomic E-state index is 4.85. The van der Waals surface area contributed by atoms with Gasteiger partial charge in [0.25, 0.3) is 0 Å². The number of nitrogens with zero attached hydrogens (tertiary/aromatic N) is 3. The second-order valence-electron chi connectivity index (χ2n) is 10.2. The minimum Gasteiger partial charge on any atom is -0.387 e. The van der Waals surface area contributed by atoms with Crippen molar-refractivity contribution in [3.8, 4) is 11.1 Å². The normalized spacial score (nSPS) is 17.2. The maximum absolute atomic E-state index is 4.85. The molecule has 2 atom stereocenters. The quantitative estimate of drug-likeness (QED) is 0.230. The molecule has 1 fully saturated rings. The Morgan fingerprint density at radius 2 is 1.16 bits per heavy atom. The number of para-hydroxylation sites is 1. The van der Waals surface area contributed by atoms with Crippen LogP contribution >= 0.6 is 0 Å². The molecule has 0 radical (unpaired) electrons. The van der Waals surface area contributed by atoms with Crippen LogP contribution in [0.5, 0.6) is 0 Å². The first-order valence-electron chi connectivity index (χ1n) is 13.4. The first kappa shape index (κ1) is 24.1. The summed E-state index contributed by atoms with van der Waals surface area (Å²) in [5.74, 6) is 0.987. The molecule has 1 saturated heterocycles. The molecule has 4 heteroatoms. The Labute approximate surface area is 226 Å². The van der Waals surface area contributed by atoms with Crippen LogP contribution in [0.4, 0.5) is 11.5 Å². The van der Waals surface area contributed by atoms with Crippen LogP contribution in [0.2, 0.25) is 6.82 Å². The first-order valence-corrected chi connectivity index (χ1v) is 13.4. The summed E-state index contributed by atoms with van der Waals surface area (Å²) in [4.78, 5) is 9.94. The Balaban J connectivity index is 1.60. The van der Waals surface area contributed by atoms with Gasteiger partial charge in [-0.15, -0.1) is 0 Å². The van der Waals surface area contributed by atoms with Gasteiger partial charge in [-0.1, -0.05) is 114 Å². The van der Waals surface area contributed by atoms with Gasteiger partial charge >= 0.3 is 6.98 Å². The second-order valence-corrected chi connectivity index (χ2v) is 10.2. The number of anilines is 2. The molecule has 2 heterocycles. The summed E-state index contributed by atoms with van der Waals surface area (Å²) in [6.07, 6.45) is 1.90. The third kappa shape index (κ3) is 4.37. The summed E-state index contributed by atoms with van der Waals surface area (Å²) < 4.78 is 0. The van der Waals surface area contributed by atoms with Crippen LogP contribution in [0, 0.1) is 13.8 Å². The van der Waals surface area contributed by atoms with Crippen molar-refractivity contribution in [2.45, 2.75) is 32.8 Å². The van der Waals surface area contributed by atoms with Crippen LogP contribution < -0.4 is 9.62 Å². The van der Waals surface area contributed by atoms with Gasteiger partial charge in [-0.25, -0.2) is 4.98 Å². The molecule has 0 bridgehead atoms. The minimum atomic E-state index is 0.0624. The molecule has 0 N–H and O–H groups in total. The van der Waals surface area contributed by atoms with E-state index in [2.05, 4.69) is 146 Å². The molecule has 0 unspecified atom stereocenters. The Kier molecular flexibility index (Phi) is 6.47. The standard InChI is InChI=1S/C34H32BN3/c1-25-22-26(2)24-29(23-25)30-18-10-11-19-31(30)37-33(27-14-6-4-7-15-27)34(28-16-8-5-9-17-28)38(35(37)3)32-20-12-13-21-36-32/h4-24,33-34H,1-3H3/t33-,34-/m0/s1. The van der Waals surface area contributed by atoms with Crippen molar-refractivity contribution >= 4 is 18.5 Å². The molecule has 5 aromatic rings. The first-order chi connectivity index (χ1) is 18.6. The van der Waals surface area contributed by atoms with Crippen molar-refractivity contribution in [3.05, 3.63) is 150 Å². The van der Waals surface area contributed by atoms with Gasteiger partial charge in [-0.2, -0.15) is 0 Å². The molecule has 38 heavy (non-hydrogen) atoms. The molecule has 186 valence electrons. The highest BCUT2D eigenvalue weighted by atomic mass is 15.4. The number of aromatic nitrogens is 1. The smallest absolute Gasteiger partial charge is 0.374 e. The monoisotopic (exact) mass is 493 g/mol. The summed E-state index contributed by atoms with van der Waals surface area (Å²) >= 11 is 0. The summed E-state index contributed by atoms with van der Waals surface area (Å²) in [6, 6.07) is 43.9. The van der Waals surface area contributed by atoms with Crippen molar-refractivity contribution in [3.63, 3.8) is 0 Å². The van der Waals surface area contributed by atoms with Crippen LogP contribution in [-0.4, -0.2) is 12.0 Å². The van der Waals surface area contributed by atoms with Crippen molar-refractivity contribution in [2.24, 2.45) is 0 Å². The van der Waals surface area contributed by atoms with Crippen LogP contribution in [0.3, 0.4) is 0 Å². The van der Waals surface area contributed by atoms with Crippen molar-refractivity contribution in [1.82, 2.24) is 4.98 Å². The number of benzene rings is 4. The van der Waals surface area contributed by atoms with E-state index < -0.39 is 0 Å². The van der Waals surface area contributed by atoms with E-state index >= 15 is 0 Å². The summed E-state index contributed by atoms with van der Waals surface area (Å²) in [5, 5.41) is 0. The summed E-state index contributed by atoms with van der Waals surface area (Å²) in [7, 11) is 0. The Bertz CT molecular complexity index is 1500. The maximum Gasteiger partial charge on any atom is 0.374 e. The van der Waals surface area contributed by atoms with Crippen LogP contribution in [0.1, 0.15) is 34.3 Å². The van der Waals surface area contributed by atoms with E-state index in [1.54, 1.807) is 0 Å². The van der Waals surface area contributed by atoms with E-state index in [1.807, 2.05) is 12.3 Å². The average Bonchev–Trinajstić information content (AvgIpc) is 3.26. The third-order valence-corrected chi connectivity index (χ3v) is 7.61. The third-order valence-electron chi connectivity index (χ3n) is 7.61. The van der Waals surface area contributed by atoms with Crippen LogP contribution in [0.15, 0.2) is 128 Å². The van der Waals surface area contributed by atoms with E-state index in [0.717, 1.165) is 5.82 Å². The highest BCUT2D eigenvalue weighted by Gasteiger charge is 2.50. The van der Waals surface area contributed by atoms with Gasteiger partial charge in [-0.05, 0) is 55.6 Å². The molecule has 0 aliphatic carbocycles. The van der Waals surface area contributed by atoms with Crippen molar-refractivity contribution in [2.75, 3.05) is 9.62 Å². The van der Waals surface area contributed by atoms with E-state index in [0.29, 0.717) is 0 Å². The molecule has 1 aromatic heterocycles. The van der Waals surface area contributed by atoms with E-state index in [-0.39, 0.29) is 19.1 Å². The molecule has 0 saturated carbocycles. The molecule has 4 aromatic carbocycles. The Morgan fingerprint density at radius 3 is 1.76 bits per heavy atom. The lowest BCUT2D eigenvalue weighted by Crippen LogP contribution is -2.42. The molecule has 0 spiro atoms. The molecule has 1 aliphatic rings. The zero-order chi connectivity index (χ0) is 26.1. The van der Waals surface area contributed by atoms with E-state index in [1.165, 1.54) is 39.1 Å². The van der Waals surface area contributed by atoms with Gasteiger partial charge in [-0.3, -0.25) is 0 Å². The number of hydrogen-bond donors (Lipinski definition) is 0. The van der Waals surface area contributed by atoms with Crippen LogP contribution in [-0.2, 0) is 0 Å². The van der Waals surface area contributed by atoms with Gasteiger partial charge in [0.2, 0.25) is 0 Å². The lowest BCUT2D eigenvalue weighted by molar-refractivity contribution is 0.616. The highest BCUT2D eigenvalue weighted by Crippen LogP contribution is 2.51. The zero-order valence-corrected chi connectivity index (χ0v) is 22.2. The SMILES string of the molecule is CB1N(c2ccccn2)[C@@H](c2ccccc2)[C@H](c2ccccc2)N1c1ccccc1-c1cc(C)cc(C)c1. The largest absolute Gasteiger partial charge is 0.387 e. The predicted octanol–water partition coefficient (Wildman–Crippen LogP) is 8.29. The van der Waals surface area contributed by atoms with E-state index in [9.17, 15) is 0 Å². The summed E-state index contributed by atoms with van der Waals surface area (Å²) in [5.41, 5.74) is 8.87. The predicted molar refractivity (Wildman–Crippen MR) is 161 cm³/mol. The van der Waals surface area contributed by atoms with Crippen molar-refractivity contribution in [1.29, 1.82) is 0 Å². The Hall–Kier alpha value is -4.31. The van der Waals surface area contributed by atoms with Gasteiger partial charge in [0.15, 0.2) is 0 Å². The molecular formula is C34H32BN3. The topological polar surface area (TPSA) is 19.4 Å². The number of rotatable bonds is 5. The van der Waals surface area contributed by atoms with Gasteiger partial charge in [0.05, 0.1) is 12.1 Å². The summed E-state index contributed by atoms with van der Waals surface area (Å²) in [6.45, 7) is 6.73. The fourth-order valence-electron chi connectivity index (χ4n) is 6.15. The zero-order valence-electron chi connectivity index (χ0n) is 22.2. The molecule has 6 rings (SSSR count). The van der Waals surface area contributed by atoms with Gasteiger partial charge < -0.3 is 9.62 Å². The average molecular weight is 493 g/mol. The lowest BCUT2D eigenvalue weighted by Gasteiger charge is -2.33. The van der Waals surface area contributed by atoms with Crippen molar-refractivity contribution < 1.29 is 0 Å². The molecule has 3 nitrogen and oxygen atoms in total. The second kappa shape index (κ2) is 10.2. The minimum absolute atomic E-state index is 0.0624. The van der Waals surface area contributed by atoms with Gasteiger partial charge in [0, 0.05) is 17.4 Å². The molecule has 1 aliphatic heterocycles. The highest BCUT2D eigenvalue weighted by molar-refractivity contribution is 6.67. The number of pyridine rings is 1. The number of hydrogen-bond acceptors (Lipinski definition) is 3. The van der Waals surface area contributed by atoms with Gasteiger partial charge in [0.1, 0.15) is 5.82 Å². The van der Waals surface area contributed by atoms with E-state index in [4.69, 9.17) is 4.98 Å². The number of aryl methyl sites for hydroxylation is 2.